The van der Waals surface area contributed by atoms with Gasteiger partial charge in [-0.1, -0.05) is 6.07 Å². The molecule has 5 heteroatoms. The minimum absolute atomic E-state index is 0.233. The van der Waals surface area contributed by atoms with Crippen molar-refractivity contribution in [2.45, 2.75) is 19.5 Å². The Balaban J connectivity index is 3.03. The number of nitrogens with zero attached hydrogens (tertiary/aromatic N) is 1. The van der Waals surface area contributed by atoms with Crippen molar-refractivity contribution in [1.29, 1.82) is 0 Å². The van der Waals surface area contributed by atoms with Gasteiger partial charge in [-0.3, -0.25) is 0 Å². The quantitative estimate of drug-likeness (QED) is 0.903. The molecule has 1 atom stereocenters. The first kappa shape index (κ1) is 14.8. The molecule has 0 fully saturated rings. The molecule has 1 aromatic rings. The highest BCUT2D eigenvalue weighted by molar-refractivity contribution is 9.10. The lowest BCUT2D eigenvalue weighted by Gasteiger charge is -2.27. The molecule has 17 heavy (non-hydrogen) atoms. The van der Waals surface area contributed by atoms with Gasteiger partial charge in [-0.2, -0.15) is 11.8 Å². The second-order valence-corrected chi connectivity index (χ2v) is 5.69. The summed E-state index contributed by atoms with van der Waals surface area (Å²) >= 11 is 5.02. The molecule has 0 aliphatic carbocycles. The van der Waals surface area contributed by atoms with Crippen LogP contribution >= 0.6 is 27.7 Å². The van der Waals surface area contributed by atoms with Crippen LogP contribution in [0.2, 0.25) is 0 Å². The van der Waals surface area contributed by atoms with Crippen LogP contribution in [0.5, 0.6) is 0 Å². The predicted molar refractivity (Wildman–Crippen MR) is 78.2 cm³/mol. The summed E-state index contributed by atoms with van der Waals surface area (Å²) in [5.74, 6) is 0.732. The molecule has 0 amide bonds. The normalized spacial score (nSPS) is 12.6. The van der Waals surface area contributed by atoms with Gasteiger partial charge in [-0.25, -0.2) is 4.39 Å². The van der Waals surface area contributed by atoms with Gasteiger partial charge in [0, 0.05) is 25.4 Å². The Bertz CT molecular complexity index is 387. The lowest BCUT2D eigenvalue weighted by molar-refractivity contribution is 0.606. The van der Waals surface area contributed by atoms with Crippen molar-refractivity contribution in [3.63, 3.8) is 0 Å². The molecule has 1 aromatic carbocycles. The average Bonchev–Trinajstić information content (AvgIpc) is 2.32. The van der Waals surface area contributed by atoms with E-state index in [-0.39, 0.29) is 11.9 Å². The number of nitrogens with two attached hydrogens (primary N) is 1. The highest BCUT2D eigenvalue weighted by Gasteiger charge is 2.17. The molecule has 1 unspecified atom stereocenters. The number of hydrogen-bond acceptors (Lipinski definition) is 3. The van der Waals surface area contributed by atoms with Gasteiger partial charge in [0.25, 0.3) is 0 Å². The van der Waals surface area contributed by atoms with Gasteiger partial charge >= 0.3 is 0 Å². The van der Waals surface area contributed by atoms with E-state index in [4.69, 9.17) is 5.73 Å². The molecular weight excluding hydrogens is 303 g/mol. The molecule has 0 radical (unpaired) electrons. The van der Waals surface area contributed by atoms with Crippen LogP contribution < -0.4 is 10.6 Å². The lowest BCUT2D eigenvalue weighted by atomic mass is 10.1. The molecule has 0 aromatic heterocycles. The van der Waals surface area contributed by atoms with Crippen molar-refractivity contribution in [3.8, 4) is 0 Å². The minimum Gasteiger partial charge on any atom is -0.369 e. The van der Waals surface area contributed by atoms with E-state index in [1.54, 1.807) is 17.8 Å². The molecule has 1 rings (SSSR count). The molecule has 2 N–H and O–H groups in total. The Hall–Kier alpha value is -0.260. The Labute approximate surface area is 115 Å². The standard InChI is InChI=1S/C12H18BrFN2S/c1-8(7-17-3)16(2)10-5-4-9(6-15)11(13)12(10)14/h4-5,8H,6-7,15H2,1-3H3. The van der Waals surface area contributed by atoms with Crippen LogP contribution in [0.4, 0.5) is 10.1 Å². The molecule has 0 aliphatic rings. The Morgan fingerprint density at radius 3 is 2.71 bits per heavy atom. The number of rotatable bonds is 5. The van der Waals surface area contributed by atoms with Crippen molar-refractivity contribution in [2.24, 2.45) is 5.73 Å². The first-order valence-corrected chi connectivity index (χ1v) is 7.60. The van der Waals surface area contributed by atoms with Gasteiger partial charge in [0.15, 0.2) is 5.82 Å². The Morgan fingerprint density at radius 1 is 1.53 bits per heavy atom. The number of anilines is 1. The highest BCUT2D eigenvalue weighted by Crippen LogP contribution is 2.30. The van der Waals surface area contributed by atoms with Gasteiger partial charge in [0.05, 0.1) is 10.2 Å². The summed E-state index contributed by atoms with van der Waals surface area (Å²) in [5, 5.41) is 0. The van der Waals surface area contributed by atoms with Crippen molar-refractivity contribution in [1.82, 2.24) is 0 Å². The monoisotopic (exact) mass is 320 g/mol. The number of thioether (sulfide) groups is 1. The van der Waals surface area contributed by atoms with Crippen LogP contribution in [0.25, 0.3) is 0 Å². The number of halogens is 2. The molecule has 0 bridgehead atoms. The van der Waals surface area contributed by atoms with Gasteiger partial charge in [-0.05, 0) is 40.7 Å². The maximum Gasteiger partial charge on any atom is 0.160 e. The van der Waals surface area contributed by atoms with Crippen LogP contribution in [-0.4, -0.2) is 25.1 Å². The van der Waals surface area contributed by atoms with Crippen molar-refractivity contribution >= 4 is 33.4 Å². The fraction of sp³-hybridized carbons (Fsp3) is 0.500. The maximum atomic E-state index is 14.1. The van der Waals surface area contributed by atoms with E-state index in [0.29, 0.717) is 16.7 Å². The number of hydrogen-bond donors (Lipinski definition) is 1. The van der Waals surface area contributed by atoms with E-state index in [2.05, 4.69) is 22.9 Å². The van der Waals surface area contributed by atoms with Crippen LogP contribution in [0, 0.1) is 5.82 Å². The van der Waals surface area contributed by atoms with Crippen molar-refractivity contribution in [2.75, 3.05) is 24.0 Å². The van der Waals surface area contributed by atoms with Crippen LogP contribution in [0.1, 0.15) is 12.5 Å². The molecule has 2 nitrogen and oxygen atoms in total. The van der Waals surface area contributed by atoms with Gasteiger partial charge in [-0.15, -0.1) is 0 Å². The van der Waals surface area contributed by atoms with Crippen LogP contribution in [0.3, 0.4) is 0 Å². The summed E-state index contributed by atoms with van der Waals surface area (Å²) < 4.78 is 14.6. The van der Waals surface area contributed by atoms with Gasteiger partial charge < -0.3 is 10.6 Å². The highest BCUT2D eigenvalue weighted by atomic mass is 79.9. The third-order valence-electron chi connectivity index (χ3n) is 2.81. The van der Waals surface area contributed by atoms with Gasteiger partial charge in [0.1, 0.15) is 0 Å². The van der Waals surface area contributed by atoms with Crippen LogP contribution in [-0.2, 0) is 6.54 Å². The summed E-state index contributed by atoms with van der Waals surface area (Å²) in [5.41, 5.74) is 6.94. The summed E-state index contributed by atoms with van der Waals surface area (Å²) in [6, 6.07) is 3.94. The summed E-state index contributed by atoms with van der Waals surface area (Å²) in [4.78, 5) is 1.96. The molecule has 0 spiro atoms. The SMILES string of the molecule is CSCC(C)N(C)c1ccc(CN)c(Br)c1F. The van der Waals surface area contributed by atoms with E-state index >= 15 is 0 Å². The largest absolute Gasteiger partial charge is 0.369 e. The first-order valence-electron chi connectivity index (χ1n) is 5.41. The fourth-order valence-corrected chi connectivity index (χ4v) is 2.80. The van der Waals surface area contributed by atoms with E-state index in [1.807, 2.05) is 24.3 Å². The van der Waals surface area contributed by atoms with E-state index < -0.39 is 0 Å². The first-order chi connectivity index (χ1) is 8.02. The second kappa shape index (κ2) is 6.61. The third kappa shape index (κ3) is 3.36. The smallest absolute Gasteiger partial charge is 0.160 e. The van der Waals surface area contributed by atoms with Gasteiger partial charge in [0.2, 0.25) is 0 Å². The lowest BCUT2D eigenvalue weighted by Crippen LogP contribution is -2.31. The number of benzene rings is 1. The third-order valence-corrected chi connectivity index (χ3v) is 4.48. The zero-order valence-corrected chi connectivity index (χ0v) is 12.7. The van der Waals surface area contributed by atoms with E-state index in [0.717, 1.165) is 11.3 Å². The summed E-state index contributed by atoms with van der Waals surface area (Å²) in [7, 11) is 1.91. The van der Waals surface area contributed by atoms with E-state index in [1.165, 1.54) is 0 Å². The second-order valence-electron chi connectivity index (χ2n) is 3.99. The fourth-order valence-electron chi connectivity index (χ4n) is 1.60. The van der Waals surface area contributed by atoms with E-state index in [9.17, 15) is 4.39 Å². The zero-order valence-electron chi connectivity index (χ0n) is 10.3. The topological polar surface area (TPSA) is 29.3 Å². The molecule has 0 saturated heterocycles. The predicted octanol–water partition coefficient (Wildman–Crippen LogP) is 3.23. The molecule has 96 valence electrons. The van der Waals surface area contributed by atoms with Crippen molar-refractivity contribution < 1.29 is 4.39 Å². The Morgan fingerprint density at radius 2 is 2.18 bits per heavy atom. The summed E-state index contributed by atoms with van der Waals surface area (Å²) in [6.45, 7) is 2.42. The Kier molecular flexibility index (Phi) is 5.76. The summed E-state index contributed by atoms with van der Waals surface area (Å²) in [6.07, 6.45) is 2.05. The van der Waals surface area contributed by atoms with Crippen molar-refractivity contribution in [3.05, 3.63) is 28.0 Å². The maximum absolute atomic E-state index is 14.1. The minimum atomic E-state index is -0.233. The van der Waals surface area contributed by atoms with Crippen LogP contribution in [0.15, 0.2) is 16.6 Å². The molecule has 0 saturated carbocycles. The molecule has 0 aliphatic heterocycles. The molecular formula is C12H18BrFN2S. The molecule has 0 heterocycles. The average molecular weight is 321 g/mol. The zero-order chi connectivity index (χ0) is 13.0.